The van der Waals surface area contributed by atoms with Crippen molar-refractivity contribution in [2.45, 2.75) is 48.6 Å². The van der Waals surface area contributed by atoms with Crippen LogP contribution in [0.5, 0.6) is 0 Å². The Hall–Kier alpha value is -3.24. The molecular weight excluding hydrogens is 438 g/mol. The molecule has 0 radical (unpaired) electrons. The summed E-state index contributed by atoms with van der Waals surface area (Å²) >= 11 is 1.64. The largest absolute Gasteiger partial charge is 0.340 e. The monoisotopic (exact) mass is 463 g/mol. The van der Waals surface area contributed by atoms with Gasteiger partial charge in [0.2, 0.25) is 11.8 Å². The molecule has 3 heterocycles. The first-order valence-electron chi connectivity index (χ1n) is 10.8. The molecule has 0 bridgehead atoms. The molecule has 170 valence electrons. The lowest BCUT2D eigenvalue weighted by molar-refractivity contribution is -0.152. The van der Waals surface area contributed by atoms with Crippen molar-refractivity contribution in [2.75, 3.05) is 0 Å². The minimum atomic E-state index is -0.832. The first-order chi connectivity index (χ1) is 15.9. The zero-order valence-corrected chi connectivity index (χ0v) is 19.1. The number of hydrogen-bond donors (Lipinski definition) is 2. The smallest absolute Gasteiger partial charge is 0.249 e. The van der Waals surface area contributed by atoms with Gasteiger partial charge in [0.05, 0.1) is 6.54 Å². The predicted octanol–water partition coefficient (Wildman–Crippen LogP) is 1.64. The molecule has 0 spiro atoms. The summed E-state index contributed by atoms with van der Waals surface area (Å²) in [5, 5.41) is 15.0. The Labute approximate surface area is 195 Å². The summed E-state index contributed by atoms with van der Waals surface area (Å²) in [6, 6.07) is 17.3. The number of amides is 2. The van der Waals surface area contributed by atoms with E-state index in [2.05, 4.69) is 34.7 Å². The number of nitrogens with one attached hydrogen (secondary N) is 1. The van der Waals surface area contributed by atoms with Crippen LogP contribution in [-0.4, -0.2) is 53.1 Å². The molecule has 2 aliphatic rings. The maximum Gasteiger partial charge on any atom is 0.249 e. The summed E-state index contributed by atoms with van der Waals surface area (Å²) in [4.78, 5) is 27.7. The van der Waals surface area contributed by atoms with Crippen LogP contribution in [-0.2, 0) is 16.1 Å². The van der Waals surface area contributed by atoms with Crippen LogP contribution in [0.3, 0.4) is 0 Å². The maximum atomic E-state index is 13.2. The Morgan fingerprint density at radius 2 is 1.82 bits per heavy atom. The van der Waals surface area contributed by atoms with Gasteiger partial charge in [0.25, 0.3) is 0 Å². The number of nitrogens with zero attached hydrogens (tertiary/aromatic N) is 5. The van der Waals surface area contributed by atoms with Gasteiger partial charge < -0.3 is 16.0 Å². The Morgan fingerprint density at radius 1 is 1.15 bits per heavy atom. The molecule has 2 amide bonds. The van der Waals surface area contributed by atoms with Crippen molar-refractivity contribution in [1.82, 2.24) is 30.4 Å². The summed E-state index contributed by atoms with van der Waals surface area (Å²) in [6.45, 7) is 4.66. The number of β-lactam (4-membered cyclic amide) rings is 1. The van der Waals surface area contributed by atoms with Crippen molar-refractivity contribution in [2.24, 2.45) is 5.73 Å². The number of nitrogens with two attached hydrogens (primary N) is 1. The van der Waals surface area contributed by atoms with E-state index in [0.29, 0.717) is 17.9 Å². The van der Waals surface area contributed by atoms with Crippen LogP contribution in [0.4, 0.5) is 0 Å². The number of rotatable bonds is 6. The number of hydrogen-bond acceptors (Lipinski definition) is 7. The summed E-state index contributed by atoms with van der Waals surface area (Å²) in [5.41, 5.74) is 7.90. The van der Waals surface area contributed by atoms with Crippen LogP contribution in [0.1, 0.15) is 42.9 Å². The zero-order chi connectivity index (χ0) is 23.2. The molecule has 5 rings (SSSR count). The van der Waals surface area contributed by atoms with Crippen LogP contribution in [0, 0.1) is 0 Å². The van der Waals surface area contributed by atoms with Crippen LogP contribution in [0.15, 0.2) is 60.7 Å². The van der Waals surface area contributed by atoms with Crippen molar-refractivity contribution in [3.8, 4) is 0 Å². The summed E-state index contributed by atoms with van der Waals surface area (Å²) < 4.78 is 1.40. The fraction of sp³-hybridized carbons (Fsp3) is 0.348. The molecule has 3 aromatic rings. The highest BCUT2D eigenvalue weighted by molar-refractivity contribution is 8.01. The minimum Gasteiger partial charge on any atom is -0.340 e. The number of tetrazole rings is 1. The normalized spacial score (nSPS) is 24.2. The van der Waals surface area contributed by atoms with Crippen LogP contribution < -0.4 is 11.1 Å². The van der Waals surface area contributed by atoms with Gasteiger partial charge in [-0.25, -0.2) is 4.68 Å². The van der Waals surface area contributed by atoms with Gasteiger partial charge in [-0.1, -0.05) is 60.7 Å². The molecule has 9 nitrogen and oxygen atoms in total. The molecule has 1 aromatic heterocycles. The van der Waals surface area contributed by atoms with Gasteiger partial charge in [-0.2, -0.15) is 0 Å². The Bertz CT molecular complexity index is 1170. The highest BCUT2D eigenvalue weighted by atomic mass is 32.2. The van der Waals surface area contributed by atoms with E-state index in [-0.39, 0.29) is 28.0 Å². The quantitative estimate of drug-likeness (QED) is 0.534. The molecule has 0 saturated carbocycles. The molecular formula is C23H25N7O2S. The average Bonchev–Trinajstić information content (AvgIpc) is 3.37. The van der Waals surface area contributed by atoms with Gasteiger partial charge in [-0.05, 0) is 35.4 Å². The Morgan fingerprint density at radius 3 is 2.52 bits per heavy atom. The highest BCUT2D eigenvalue weighted by Gasteiger charge is 2.63. The molecule has 0 aliphatic carbocycles. The number of carbonyl (C=O) groups excluding carboxylic acids is 2. The second kappa shape index (κ2) is 8.27. The summed E-state index contributed by atoms with van der Waals surface area (Å²) in [6.07, 6.45) is 0. The molecule has 10 heteroatoms. The van der Waals surface area contributed by atoms with Crippen molar-refractivity contribution in [3.63, 3.8) is 0 Å². The van der Waals surface area contributed by atoms with E-state index in [4.69, 9.17) is 5.73 Å². The second-order valence-corrected chi connectivity index (χ2v) is 10.6. The molecule has 2 saturated heterocycles. The molecule has 2 aromatic carbocycles. The van der Waals surface area contributed by atoms with Crippen molar-refractivity contribution in [3.05, 3.63) is 77.6 Å². The van der Waals surface area contributed by atoms with E-state index >= 15 is 0 Å². The number of thioether (sulfide) groups is 1. The fourth-order valence-corrected chi connectivity index (χ4v) is 6.13. The van der Waals surface area contributed by atoms with Crippen molar-refractivity contribution < 1.29 is 9.59 Å². The van der Waals surface area contributed by atoms with E-state index in [0.717, 1.165) is 5.56 Å². The van der Waals surface area contributed by atoms with E-state index in [1.807, 2.05) is 48.5 Å². The SMILES string of the molecule is CC1(C)SC2C(NC(=O)C(N)c3ccccc3)C(=O)N2C1c1nnnn1Cc1ccccc1. The Balaban J connectivity index is 1.34. The fourth-order valence-electron chi connectivity index (χ4n) is 4.50. The molecule has 2 fully saturated rings. The lowest BCUT2D eigenvalue weighted by Crippen LogP contribution is -2.68. The van der Waals surface area contributed by atoms with Gasteiger partial charge in [-0.3, -0.25) is 9.59 Å². The van der Waals surface area contributed by atoms with Gasteiger partial charge in [0.1, 0.15) is 23.5 Å². The van der Waals surface area contributed by atoms with Crippen molar-refractivity contribution in [1.29, 1.82) is 0 Å². The third-order valence-corrected chi connectivity index (χ3v) is 7.73. The third kappa shape index (κ3) is 3.79. The maximum absolute atomic E-state index is 13.2. The summed E-state index contributed by atoms with van der Waals surface area (Å²) in [5.74, 6) is 0.124. The molecule has 2 aliphatic heterocycles. The van der Waals surface area contributed by atoms with E-state index < -0.39 is 12.1 Å². The molecule has 33 heavy (non-hydrogen) atoms. The van der Waals surface area contributed by atoms with Crippen LogP contribution in [0.2, 0.25) is 0 Å². The lowest BCUT2D eigenvalue weighted by atomic mass is 9.94. The Kier molecular flexibility index (Phi) is 5.41. The lowest BCUT2D eigenvalue weighted by Gasteiger charge is -2.44. The van der Waals surface area contributed by atoms with E-state index in [1.54, 1.807) is 33.5 Å². The highest BCUT2D eigenvalue weighted by Crippen LogP contribution is 2.56. The topological polar surface area (TPSA) is 119 Å². The van der Waals surface area contributed by atoms with Crippen molar-refractivity contribution >= 4 is 23.6 Å². The summed E-state index contributed by atoms with van der Waals surface area (Å²) in [7, 11) is 0. The zero-order valence-electron chi connectivity index (χ0n) is 18.3. The van der Waals surface area contributed by atoms with Crippen LogP contribution >= 0.6 is 11.8 Å². The second-order valence-electron chi connectivity index (χ2n) is 8.81. The number of carbonyl (C=O) groups is 2. The number of benzene rings is 2. The number of fused-ring (bicyclic) bond motifs is 1. The third-order valence-electron chi connectivity index (χ3n) is 6.16. The molecule has 4 unspecified atom stereocenters. The van der Waals surface area contributed by atoms with E-state index in [9.17, 15) is 9.59 Å². The van der Waals surface area contributed by atoms with Gasteiger partial charge in [0, 0.05) is 4.75 Å². The molecule has 4 atom stereocenters. The standard InChI is InChI=1S/C23H25N7O2S/c1-23(2)18(19-26-27-28-29(19)13-14-9-5-3-6-10-14)30-21(32)17(22(30)33-23)25-20(31)16(24)15-11-7-4-8-12-15/h3-12,16-18,22H,13,24H2,1-2H3,(H,25,31). The first kappa shape index (κ1) is 21.6. The van der Waals surface area contributed by atoms with Gasteiger partial charge in [0.15, 0.2) is 5.82 Å². The van der Waals surface area contributed by atoms with Crippen LogP contribution in [0.25, 0.3) is 0 Å². The van der Waals surface area contributed by atoms with Gasteiger partial charge in [-0.15, -0.1) is 16.9 Å². The predicted molar refractivity (Wildman–Crippen MR) is 124 cm³/mol. The van der Waals surface area contributed by atoms with E-state index in [1.165, 1.54) is 0 Å². The number of aromatic nitrogens is 4. The van der Waals surface area contributed by atoms with Gasteiger partial charge >= 0.3 is 0 Å². The first-order valence-corrected chi connectivity index (χ1v) is 11.7. The average molecular weight is 464 g/mol. The minimum absolute atomic E-state index is 0.147. The molecule has 3 N–H and O–H groups in total.